The van der Waals surface area contributed by atoms with Gasteiger partial charge in [0.1, 0.15) is 5.01 Å². The summed E-state index contributed by atoms with van der Waals surface area (Å²) in [5.74, 6) is -0.827. The van der Waals surface area contributed by atoms with Crippen LogP contribution in [-0.4, -0.2) is 22.7 Å². The first-order chi connectivity index (χ1) is 8.61. The Balaban J connectivity index is 2.34. The summed E-state index contributed by atoms with van der Waals surface area (Å²) in [5, 5.41) is 10.2. The van der Waals surface area contributed by atoms with E-state index in [-0.39, 0.29) is 17.4 Å². The highest BCUT2D eigenvalue weighted by atomic mass is 79.9. The molecule has 1 aromatic carbocycles. The summed E-state index contributed by atoms with van der Waals surface area (Å²) in [6, 6.07) is 7.46. The van der Waals surface area contributed by atoms with Crippen LogP contribution in [-0.2, 0) is 4.74 Å². The normalized spacial score (nSPS) is 10.3. The van der Waals surface area contributed by atoms with Crippen LogP contribution in [0.5, 0.6) is 5.88 Å². The predicted molar refractivity (Wildman–Crippen MR) is 72.9 cm³/mol. The Morgan fingerprint density at radius 2 is 2.11 bits per heavy atom. The Morgan fingerprint density at radius 3 is 2.72 bits per heavy atom. The van der Waals surface area contributed by atoms with Gasteiger partial charge in [-0.2, -0.15) is 0 Å². The van der Waals surface area contributed by atoms with Crippen LogP contribution in [0, 0.1) is 0 Å². The Hall–Kier alpha value is -1.40. The molecule has 0 unspecified atom stereocenters. The third-order valence-electron chi connectivity index (χ3n) is 2.16. The minimum atomic E-state index is -0.545. The van der Waals surface area contributed by atoms with Gasteiger partial charge in [-0.3, -0.25) is 0 Å². The summed E-state index contributed by atoms with van der Waals surface area (Å²) in [6.07, 6.45) is 0. The van der Waals surface area contributed by atoms with Gasteiger partial charge in [-0.1, -0.05) is 28.1 Å². The summed E-state index contributed by atoms with van der Waals surface area (Å²) >= 11 is 4.46. The molecule has 0 spiro atoms. The van der Waals surface area contributed by atoms with Crippen LogP contribution in [0.25, 0.3) is 10.6 Å². The molecule has 94 valence electrons. The smallest absolute Gasteiger partial charge is 0.353 e. The maximum atomic E-state index is 11.5. The maximum absolute atomic E-state index is 11.5. The van der Waals surface area contributed by atoms with Gasteiger partial charge in [-0.05, 0) is 19.1 Å². The van der Waals surface area contributed by atoms with Crippen LogP contribution >= 0.6 is 27.3 Å². The average Bonchev–Trinajstić information content (AvgIpc) is 2.72. The topological polar surface area (TPSA) is 59.4 Å². The minimum absolute atomic E-state index is 0.134. The lowest BCUT2D eigenvalue weighted by Gasteiger charge is -1.97. The number of hydrogen-bond donors (Lipinski definition) is 1. The summed E-state index contributed by atoms with van der Waals surface area (Å²) in [5.41, 5.74) is 0.842. The molecule has 0 amide bonds. The molecule has 0 bridgehead atoms. The van der Waals surface area contributed by atoms with Crippen molar-refractivity contribution < 1.29 is 14.6 Å². The number of esters is 1. The third kappa shape index (κ3) is 2.70. The second kappa shape index (κ2) is 5.49. The summed E-state index contributed by atoms with van der Waals surface area (Å²) < 4.78 is 5.80. The minimum Gasteiger partial charge on any atom is -0.492 e. The highest BCUT2D eigenvalue weighted by Gasteiger charge is 2.19. The number of halogens is 1. The number of nitrogens with zero attached hydrogens (tertiary/aromatic N) is 1. The molecule has 0 fully saturated rings. The third-order valence-corrected chi connectivity index (χ3v) is 3.76. The van der Waals surface area contributed by atoms with E-state index in [0.29, 0.717) is 5.01 Å². The molecular weight excluding hydrogens is 318 g/mol. The number of hydrogen-bond acceptors (Lipinski definition) is 5. The number of carbonyl (C=O) groups excluding carboxylic acids is 1. The number of carbonyl (C=O) groups is 1. The van der Waals surface area contributed by atoms with Gasteiger partial charge in [-0.15, -0.1) is 11.3 Å². The molecule has 2 aromatic rings. The largest absolute Gasteiger partial charge is 0.492 e. The lowest BCUT2D eigenvalue weighted by molar-refractivity contribution is 0.0528. The Kier molecular flexibility index (Phi) is 3.98. The molecule has 0 saturated carbocycles. The van der Waals surface area contributed by atoms with Crippen molar-refractivity contribution in [2.24, 2.45) is 0 Å². The molecule has 18 heavy (non-hydrogen) atoms. The van der Waals surface area contributed by atoms with Crippen LogP contribution < -0.4 is 0 Å². The average molecular weight is 328 g/mol. The Labute approximate surface area is 116 Å². The zero-order valence-corrected chi connectivity index (χ0v) is 11.9. The van der Waals surface area contributed by atoms with Crippen LogP contribution in [0.2, 0.25) is 0 Å². The molecular formula is C12H10BrNO3S. The molecule has 0 atom stereocenters. The Morgan fingerprint density at radius 1 is 1.44 bits per heavy atom. The van der Waals surface area contributed by atoms with E-state index in [2.05, 4.69) is 20.9 Å². The molecule has 0 radical (unpaired) electrons. The van der Waals surface area contributed by atoms with Crippen LogP contribution in [0.4, 0.5) is 0 Å². The fourth-order valence-electron chi connectivity index (χ4n) is 1.36. The maximum Gasteiger partial charge on any atom is 0.353 e. The molecule has 0 aliphatic carbocycles. The van der Waals surface area contributed by atoms with Gasteiger partial charge < -0.3 is 9.84 Å². The molecule has 1 N–H and O–H groups in total. The second-order valence-corrected chi connectivity index (χ2v) is 5.31. The van der Waals surface area contributed by atoms with E-state index in [1.807, 2.05) is 24.3 Å². The van der Waals surface area contributed by atoms with Gasteiger partial charge in [0.15, 0.2) is 4.88 Å². The zero-order chi connectivity index (χ0) is 13.1. The number of aromatic nitrogens is 1. The molecule has 1 heterocycles. The van der Waals surface area contributed by atoms with Crippen molar-refractivity contribution in [3.8, 4) is 16.5 Å². The van der Waals surface area contributed by atoms with Crippen molar-refractivity contribution in [3.63, 3.8) is 0 Å². The summed E-state index contributed by atoms with van der Waals surface area (Å²) in [7, 11) is 0. The van der Waals surface area contributed by atoms with Crippen molar-refractivity contribution in [2.75, 3.05) is 6.61 Å². The molecule has 1 aromatic heterocycles. The van der Waals surface area contributed by atoms with E-state index in [4.69, 9.17) is 4.74 Å². The van der Waals surface area contributed by atoms with Gasteiger partial charge in [0.05, 0.1) is 6.61 Å². The molecule has 4 nitrogen and oxygen atoms in total. The van der Waals surface area contributed by atoms with Gasteiger partial charge >= 0.3 is 5.97 Å². The quantitative estimate of drug-likeness (QED) is 0.877. The number of aromatic hydroxyl groups is 1. The molecule has 2 rings (SSSR count). The standard InChI is InChI=1S/C12H10BrNO3S/c1-2-17-12(16)9-10(15)14-11(18-9)7-3-5-8(13)6-4-7/h3-6,15H,2H2,1H3. The molecule has 0 aliphatic heterocycles. The lowest BCUT2D eigenvalue weighted by atomic mass is 10.2. The van der Waals surface area contributed by atoms with E-state index in [1.165, 1.54) is 0 Å². The lowest BCUT2D eigenvalue weighted by Crippen LogP contribution is -2.02. The Bertz CT molecular complexity index is 565. The van der Waals surface area contributed by atoms with Gasteiger partial charge in [0.2, 0.25) is 5.88 Å². The first kappa shape index (κ1) is 13.0. The van der Waals surface area contributed by atoms with E-state index in [9.17, 15) is 9.90 Å². The van der Waals surface area contributed by atoms with Crippen LogP contribution in [0.1, 0.15) is 16.6 Å². The van der Waals surface area contributed by atoms with Crippen LogP contribution in [0.3, 0.4) is 0 Å². The number of ether oxygens (including phenoxy) is 1. The monoisotopic (exact) mass is 327 g/mol. The summed E-state index contributed by atoms with van der Waals surface area (Å²) in [6.45, 7) is 1.98. The van der Waals surface area contributed by atoms with Crippen molar-refractivity contribution in [2.45, 2.75) is 6.92 Å². The highest BCUT2D eigenvalue weighted by Crippen LogP contribution is 2.32. The van der Waals surface area contributed by atoms with Gasteiger partial charge in [0, 0.05) is 10.0 Å². The van der Waals surface area contributed by atoms with E-state index < -0.39 is 5.97 Å². The predicted octanol–water partition coefficient (Wildman–Crippen LogP) is 3.45. The van der Waals surface area contributed by atoms with E-state index in [0.717, 1.165) is 21.4 Å². The summed E-state index contributed by atoms with van der Waals surface area (Å²) in [4.78, 5) is 15.7. The zero-order valence-electron chi connectivity index (χ0n) is 9.51. The van der Waals surface area contributed by atoms with Crippen LogP contribution in [0.15, 0.2) is 28.7 Å². The first-order valence-corrected chi connectivity index (χ1v) is 6.85. The van der Waals surface area contributed by atoms with Gasteiger partial charge in [0.25, 0.3) is 0 Å². The fraction of sp³-hybridized carbons (Fsp3) is 0.167. The molecule has 0 saturated heterocycles. The first-order valence-electron chi connectivity index (χ1n) is 5.24. The van der Waals surface area contributed by atoms with Gasteiger partial charge in [-0.25, -0.2) is 9.78 Å². The molecule has 6 heteroatoms. The van der Waals surface area contributed by atoms with E-state index in [1.54, 1.807) is 6.92 Å². The number of benzene rings is 1. The van der Waals surface area contributed by atoms with E-state index >= 15 is 0 Å². The van der Waals surface area contributed by atoms with Crippen molar-refractivity contribution in [3.05, 3.63) is 33.6 Å². The molecule has 0 aliphatic rings. The van der Waals surface area contributed by atoms with Crippen molar-refractivity contribution >= 4 is 33.2 Å². The highest BCUT2D eigenvalue weighted by molar-refractivity contribution is 9.10. The second-order valence-electron chi connectivity index (χ2n) is 3.40. The van der Waals surface area contributed by atoms with Crippen molar-refractivity contribution in [1.82, 2.24) is 4.98 Å². The fourth-order valence-corrected chi connectivity index (χ4v) is 2.48. The van der Waals surface area contributed by atoms with Crippen molar-refractivity contribution in [1.29, 1.82) is 0 Å². The number of thiazole rings is 1. The number of rotatable bonds is 3. The SMILES string of the molecule is CCOC(=O)c1sc(-c2ccc(Br)cc2)nc1O.